The minimum Gasteiger partial charge on any atom is -0.364 e. The van der Waals surface area contributed by atoms with E-state index in [1.807, 2.05) is 19.9 Å². The van der Waals surface area contributed by atoms with Crippen LogP contribution in [0.4, 0.5) is 0 Å². The smallest absolute Gasteiger partial charge is 0.250 e. The zero-order valence-corrected chi connectivity index (χ0v) is 12.9. The molecule has 110 valence electrons. The van der Waals surface area contributed by atoms with Gasteiger partial charge in [0, 0.05) is 23.5 Å². The van der Waals surface area contributed by atoms with Crippen LogP contribution >= 0.6 is 11.3 Å². The molecule has 0 spiro atoms. The molecule has 2 aromatic rings. The Labute approximate surface area is 122 Å². The number of hydrogen-bond donors (Lipinski definition) is 2. The molecule has 0 aromatic carbocycles. The Hall–Kier alpha value is -1.22. The van der Waals surface area contributed by atoms with Gasteiger partial charge in [-0.25, -0.2) is 13.1 Å². The van der Waals surface area contributed by atoms with E-state index >= 15 is 0 Å². The van der Waals surface area contributed by atoms with Gasteiger partial charge >= 0.3 is 0 Å². The van der Waals surface area contributed by atoms with Crippen LogP contribution in [0, 0.1) is 0 Å². The minimum atomic E-state index is -3.50. The number of sulfonamides is 1. The van der Waals surface area contributed by atoms with Gasteiger partial charge in [-0.3, -0.25) is 0 Å². The molecule has 0 bridgehead atoms. The van der Waals surface area contributed by atoms with E-state index < -0.39 is 10.0 Å². The maximum absolute atomic E-state index is 12.1. The van der Waals surface area contributed by atoms with Crippen molar-refractivity contribution >= 4 is 21.4 Å². The lowest BCUT2D eigenvalue weighted by molar-refractivity contribution is 0.411. The van der Waals surface area contributed by atoms with E-state index in [0.717, 1.165) is 4.88 Å². The Balaban J connectivity index is 1.98. The Morgan fingerprint density at radius 3 is 2.75 bits per heavy atom. The van der Waals surface area contributed by atoms with Gasteiger partial charge in [0.15, 0.2) is 0 Å². The molecule has 0 unspecified atom stereocenters. The average Bonchev–Trinajstić information content (AvgIpc) is 3.05. The highest BCUT2D eigenvalue weighted by Gasteiger charge is 2.17. The summed E-state index contributed by atoms with van der Waals surface area (Å²) < 4.78 is 31.7. The summed E-state index contributed by atoms with van der Waals surface area (Å²) in [5, 5.41) is 6.91. The molecular formula is C12H17N3O3S2. The third-order valence-corrected chi connectivity index (χ3v) is 5.50. The fourth-order valence-electron chi connectivity index (χ4n) is 1.47. The van der Waals surface area contributed by atoms with E-state index in [1.54, 1.807) is 12.1 Å². The highest BCUT2D eigenvalue weighted by atomic mass is 32.2. The number of nitrogens with zero attached hydrogens (tertiary/aromatic N) is 1. The molecular weight excluding hydrogens is 298 g/mol. The van der Waals surface area contributed by atoms with Crippen molar-refractivity contribution in [1.82, 2.24) is 15.2 Å². The van der Waals surface area contributed by atoms with E-state index in [-0.39, 0.29) is 6.54 Å². The molecule has 0 saturated carbocycles. The quantitative estimate of drug-likeness (QED) is 0.812. The summed E-state index contributed by atoms with van der Waals surface area (Å²) in [5.41, 5.74) is 0.548. The molecule has 2 rings (SSSR count). The molecule has 0 fully saturated rings. The number of thiophene rings is 1. The zero-order chi connectivity index (χ0) is 14.6. The van der Waals surface area contributed by atoms with Crippen molar-refractivity contribution in [3.05, 3.63) is 35.0 Å². The normalized spacial score (nSPS) is 12.2. The second kappa shape index (κ2) is 6.49. The van der Waals surface area contributed by atoms with Crippen molar-refractivity contribution in [3.8, 4) is 0 Å². The fourth-order valence-corrected chi connectivity index (χ4v) is 3.82. The molecule has 0 saturated heterocycles. The van der Waals surface area contributed by atoms with E-state index in [4.69, 9.17) is 0 Å². The summed E-state index contributed by atoms with van der Waals surface area (Å²) in [6, 6.07) is 5.43. The van der Waals surface area contributed by atoms with Crippen LogP contribution in [0.15, 0.2) is 33.2 Å². The van der Waals surface area contributed by atoms with Gasteiger partial charge in [-0.1, -0.05) is 19.0 Å². The Morgan fingerprint density at radius 2 is 2.10 bits per heavy atom. The lowest BCUT2D eigenvalue weighted by atomic mass is 10.4. The van der Waals surface area contributed by atoms with Crippen molar-refractivity contribution in [2.45, 2.75) is 37.2 Å². The Kier molecular flexibility index (Phi) is 4.92. The lowest BCUT2D eigenvalue weighted by Gasteiger charge is -2.05. The molecule has 0 aliphatic carbocycles. The van der Waals surface area contributed by atoms with Crippen molar-refractivity contribution < 1.29 is 12.9 Å². The van der Waals surface area contributed by atoms with Gasteiger partial charge in [-0.2, -0.15) is 0 Å². The summed E-state index contributed by atoms with van der Waals surface area (Å²) in [7, 11) is -3.50. The standard InChI is InChI=1S/C12H17N3O3S2/c1-9(2)13-8-11-3-4-12(19-11)20(16,17)14-7-10-5-6-18-15-10/h3-6,9,13-14H,7-8H2,1-2H3. The third kappa shape index (κ3) is 4.14. The van der Waals surface area contributed by atoms with Crippen LogP contribution in [0.3, 0.4) is 0 Å². The predicted molar refractivity (Wildman–Crippen MR) is 76.8 cm³/mol. The summed E-state index contributed by atoms with van der Waals surface area (Å²) in [5.74, 6) is 0. The topological polar surface area (TPSA) is 84.2 Å². The van der Waals surface area contributed by atoms with Crippen LogP contribution in [-0.2, 0) is 23.1 Å². The Morgan fingerprint density at radius 1 is 1.30 bits per heavy atom. The molecule has 6 nitrogen and oxygen atoms in total. The number of nitrogens with one attached hydrogen (secondary N) is 2. The van der Waals surface area contributed by atoms with Crippen LogP contribution in [0.2, 0.25) is 0 Å². The summed E-state index contributed by atoms with van der Waals surface area (Å²) in [4.78, 5) is 0.987. The first-order valence-corrected chi connectivity index (χ1v) is 8.48. The summed E-state index contributed by atoms with van der Waals surface area (Å²) in [6.45, 7) is 4.88. The van der Waals surface area contributed by atoms with Crippen LogP contribution < -0.4 is 10.0 Å². The molecule has 2 heterocycles. The van der Waals surface area contributed by atoms with Gasteiger partial charge in [0.1, 0.15) is 10.5 Å². The Bertz CT molecular complexity index is 633. The van der Waals surface area contributed by atoms with Crippen LogP contribution in [0.25, 0.3) is 0 Å². The predicted octanol–water partition coefficient (Wildman–Crippen LogP) is 1.71. The van der Waals surface area contributed by atoms with Crippen molar-refractivity contribution in [2.24, 2.45) is 0 Å². The number of hydrogen-bond acceptors (Lipinski definition) is 6. The van der Waals surface area contributed by atoms with Crippen molar-refractivity contribution in [1.29, 1.82) is 0 Å². The fraction of sp³-hybridized carbons (Fsp3) is 0.417. The molecule has 0 amide bonds. The van der Waals surface area contributed by atoms with Crippen LogP contribution in [0.5, 0.6) is 0 Å². The first-order valence-electron chi connectivity index (χ1n) is 6.18. The zero-order valence-electron chi connectivity index (χ0n) is 11.3. The second-order valence-electron chi connectivity index (χ2n) is 4.57. The van der Waals surface area contributed by atoms with Gasteiger partial charge in [0.2, 0.25) is 10.0 Å². The lowest BCUT2D eigenvalue weighted by Crippen LogP contribution is -2.22. The first kappa shape index (κ1) is 15.2. The SMILES string of the molecule is CC(C)NCc1ccc(S(=O)(=O)NCc2ccon2)s1. The van der Waals surface area contributed by atoms with Gasteiger partial charge in [0.25, 0.3) is 0 Å². The maximum atomic E-state index is 12.1. The number of rotatable bonds is 7. The molecule has 2 aromatic heterocycles. The van der Waals surface area contributed by atoms with Crippen molar-refractivity contribution in [2.75, 3.05) is 0 Å². The van der Waals surface area contributed by atoms with Gasteiger partial charge in [0.05, 0.1) is 12.2 Å². The van der Waals surface area contributed by atoms with E-state index in [9.17, 15) is 8.42 Å². The monoisotopic (exact) mass is 315 g/mol. The summed E-state index contributed by atoms with van der Waals surface area (Å²) in [6.07, 6.45) is 1.41. The summed E-state index contributed by atoms with van der Waals surface area (Å²) >= 11 is 1.26. The molecule has 0 aliphatic heterocycles. The average molecular weight is 315 g/mol. The highest BCUT2D eigenvalue weighted by Crippen LogP contribution is 2.21. The maximum Gasteiger partial charge on any atom is 0.250 e. The number of aromatic nitrogens is 1. The van der Waals surface area contributed by atoms with Crippen LogP contribution in [-0.4, -0.2) is 19.6 Å². The highest BCUT2D eigenvalue weighted by molar-refractivity contribution is 7.91. The molecule has 20 heavy (non-hydrogen) atoms. The second-order valence-corrected chi connectivity index (χ2v) is 7.73. The third-order valence-electron chi connectivity index (χ3n) is 2.52. The molecule has 0 aliphatic rings. The van der Waals surface area contributed by atoms with Crippen molar-refractivity contribution in [3.63, 3.8) is 0 Å². The van der Waals surface area contributed by atoms with E-state index in [0.29, 0.717) is 22.5 Å². The van der Waals surface area contributed by atoms with Gasteiger partial charge in [-0.05, 0) is 12.1 Å². The molecule has 0 atom stereocenters. The van der Waals surface area contributed by atoms with Gasteiger partial charge < -0.3 is 9.84 Å². The first-order chi connectivity index (χ1) is 9.47. The van der Waals surface area contributed by atoms with E-state index in [2.05, 4.69) is 19.7 Å². The van der Waals surface area contributed by atoms with E-state index in [1.165, 1.54) is 17.6 Å². The minimum absolute atomic E-state index is 0.121. The largest absolute Gasteiger partial charge is 0.364 e. The molecule has 8 heteroatoms. The van der Waals surface area contributed by atoms with Crippen LogP contribution in [0.1, 0.15) is 24.4 Å². The molecule has 0 radical (unpaired) electrons. The molecule has 2 N–H and O–H groups in total. The van der Waals surface area contributed by atoms with Gasteiger partial charge in [-0.15, -0.1) is 11.3 Å².